The molecule has 1 fully saturated rings. The molecular formula is C9H18O4S. The number of hydrogen-bond donors (Lipinski definition) is 1. The lowest BCUT2D eigenvalue weighted by atomic mass is 9.80. The number of aliphatic hydroxyl groups is 1. The highest BCUT2D eigenvalue weighted by molar-refractivity contribution is 7.85. The standard InChI is InChI=1S/C9H18O4S/c1-14(11,12)13-7-9-5-3-2-4-8(9)6-10/h8-10H,2-7H2,1H3/t8-,9-/m0/s1. The average molecular weight is 222 g/mol. The lowest BCUT2D eigenvalue weighted by Crippen LogP contribution is -2.27. The van der Waals surface area contributed by atoms with Gasteiger partial charge in [0.15, 0.2) is 0 Å². The van der Waals surface area contributed by atoms with Gasteiger partial charge in [-0.2, -0.15) is 8.42 Å². The molecule has 84 valence electrons. The lowest BCUT2D eigenvalue weighted by molar-refractivity contribution is 0.0981. The quantitative estimate of drug-likeness (QED) is 0.713. The molecule has 1 N–H and O–H groups in total. The van der Waals surface area contributed by atoms with Crippen molar-refractivity contribution < 1.29 is 17.7 Å². The van der Waals surface area contributed by atoms with E-state index < -0.39 is 10.1 Å². The Morgan fingerprint density at radius 1 is 1.29 bits per heavy atom. The first-order chi connectivity index (χ1) is 6.53. The number of rotatable bonds is 4. The summed E-state index contributed by atoms with van der Waals surface area (Å²) >= 11 is 0. The third-order valence-corrected chi connectivity index (χ3v) is 3.36. The van der Waals surface area contributed by atoms with Crippen LogP contribution in [0.1, 0.15) is 25.7 Å². The van der Waals surface area contributed by atoms with Gasteiger partial charge in [-0.25, -0.2) is 0 Å². The van der Waals surface area contributed by atoms with Crippen molar-refractivity contribution in [3.05, 3.63) is 0 Å². The Kier molecular flexibility index (Phi) is 4.34. The van der Waals surface area contributed by atoms with Crippen LogP contribution in [-0.4, -0.2) is 33.0 Å². The molecule has 1 aliphatic carbocycles. The van der Waals surface area contributed by atoms with Crippen molar-refractivity contribution in [2.45, 2.75) is 25.7 Å². The van der Waals surface area contributed by atoms with Crippen LogP contribution in [0.2, 0.25) is 0 Å². The molecule has 5 heteroatoms. The zero-order valence-electron chi connectivity index (χ0n) is 8.48. The van der Waals surface area contributed by atoms with Crippen LogP contribution in [0.15, 0.2) is 0 Å². The van der Waals surface area contributed by atoms with E-state index in [0.717, 1.165) is 31.9 Å². The van der Waals surface area contributed by atoms with Gasteiger partial charge in [-0.3, -0.25) is 4.18 Å². The molecule has 0 spiro atoms. The van der Waals surface area contributed by atoms with E-state index in [1.54, 1.807) is 0 Å². The fraction of sp³-hybridized carbons (Fsp3) is 1.00. The molecule has 0 amide bonds. The van der Waals surface area contributed by atoms with Crippen LogP contribution >= 0.6 is 0 Å². The summed E-state index contributed by atoms with van der Waals surface area (Å²) < 4.78 is 26.3. The van der Waals surface area contributed by atoms with E-state index >= 15 is 0 Å². The van der Waals surface area contributed by atoms with Crippen LogP contribution in [0.3, 0.4) is 0 Å². The Bertz CT molecular complexity index is 260. The molecule has 0 aromatic rings. The van der Waals surface area contributed by atoms with Crippen LogP contribution in [0.5, 0.6) is 0 Å². The molecule has 2 atom stereocenters. The van der Waals surface area contributed by atoms with Gasteiger partial charge < -0.3 is 5.11 Å². The second kappa shape index (κ2) is 5.09. The van der Waals surface area contributed by atoms with Gasteiger partial charge in [0.25, 0.3) is 10.1 Å². The highest BCUT2D eigenvalue weighted by Crippen LogP contribution is 2.29. The van der Waals surface area contributed by atoms with Crippen molar-refractivity contribution in [3.8, 4) is 0 Å². The summed E-state index contributed by atoms with van der Waals surface area (Å²) in [5.41, 5.74) is 0. The topological polar surface area (TPSA) is 63.6 Å². The third-order valence-electron chi connectivity index (χ3n) is 2.80. The van der Waals surface area contributed by atoms with Gasteiger partial charge in [0.1, 0.15) is 0 Å². The molecule has 4 nitrogen and oxygen atoms in total. The summed E-state index contributed by atoms with van der Waals surface area (Å²) in [6.07, 6.45) is 5.23. The first kappa shape index (κ1) is 11.9. The Hall–Kier alpha value is -0.130. The second-order valence-corrected chi connectivity index (χ2v) is 5.62. The Labute approximate surface area is 85.4 Å². The lowest BCUT2D eigenvalue weighted by Gasteiger charge is -2.29. The molecule has 1 aliphatic rings. The molecular weight excluding hydrogens is 204 g/mol. The molecule has 14 heavy (non-hydrogen) atoms. The minimum atomic E-state index is -3.34. The summed E-state index contributed by atoms with van der Waals surface area (Å²) in [5, 5.41) is 9.09. The van der Waals surface area contributed by atoms with E-state index in [4.69, 9.17) is 9.29 Å². The Morgan fingerprint density at radius 2 is 1.86 bits per heavy atom. The summed E-state index contributed by atoms with van der Waals surface area (Å²) in [7, 11) is -3.34. The largest absolute Gasteiger partial charge is 0.396 e. The van der Waals surface area contributed by atoms with Crippen LogP contribution in [0.4, 0.5) is 0 Å². The van der Waals surface area contributed by atoms with E-state index in [2.05, 4.69) is 0 Å². The van der Waals surface area contributed by atoms with Crippen LogP contribution in [0.25, 0.3) is 0 Å². The van der Waals surface area contributed by atoms with Crippen molar-refractivity contribution in [1.29, 1.82) is 0 Å². The molecule has 0 radical (unpaired) electrons. The van der Waals surface area contributed by atoms with Gasteiger partial charge in [-0.1, -0.05) is 12.8 Å². The highest BCUT2D eigenvalue weighted by atomic mass is 32.2. The first-order valence-corrected chi connectivity index (χ1v) is 6.80. The maximum atomic E-state index is 10.8. The summed E-state index contributed by atoms with van der Waals surface area (Å²) in [6.45, 7) is 0.363. The van der Waals surface area contributed by atoms with Gasteiger partial charge >= 0.3 is 0 Å². The van der Waals surface area contributed by atoms with Crippen LogP contribution < -0.4 is 0 Å². The van der Waals surface area contributed by atoms with E-state index in [1.165, 1.54) is 0 Å². The summed E-state index contributed by atoms with van der Waals surface area (Å²) in [5.74, 6) is 0.411. The first-order valence-electron chi connectivity index (χ1n) is 4.98. The fourth-order valence-electron chi connectivity index (χ4n) is 1.96. The van der Waals surface area contributed by atoms with Crippen molar-refractivity contribution in [1.82, 2.24) is 0 Å². The fourth-order valence-corrected chi connectivity index (χ4v) is 2.38. The third kappa shape index (κ3) is 3.94. The summed E-state index contributed by atoms with van der Waals surface area (Å²) in [6, 6.07) is 0. The Balaban J connectivity index is 2.41. The molecule has 0 heterocycles. The molecule has 1 rings (SSSR count). The monoisotopic (exact) mass is 222 g/mol. The number of aliphatic hydroxyl groups excluding tert-OH is 1. The second-order valence-electron chi connectivity index (χ2n) is 3.98. The SMILES string of the molecule is CS(=O)(=O)OC[C@@H]1CCCC[C@H]1CO. The van der Waals surface area contributed by atoms with Gasteiger partial charge in [-0.15, -0.1) is 0 Å². The Morgan fingerprint density at radius 3 is 2.36 bits per heavy atom. The van der Waals surface area contributed by atoms with E-state index in [0.29, 0.717) is 0 Å². The van der Waals surface area contributed by atoms with Crippen molar-refractivity contribution in [2.75, 3.05) is 19.5 Å². The highest BCUT2D eigenvalue weighted by Gasteiger charge is 2.25. The molecule has 0 aromatic carbocycles. The van der Waals surface area contributed by atoms with Crippen molar-refractivity contribution >= 4 is 10.1 Å². The maximum Gasteiger partial charge on any atom is 0.264 e. The molecule has 0 aliphatic heterocycles. The molecule has 0 saturated heterocycles. The molecule has 0 aromatic heterocycles. The van der Waals surface area contributed by atoms with E-state index in [9.17, 15) is 8.42 Å². The normalized spacial score (nSPS) is 29.0. The minimum Gasteiger partial charge on any atom is -0.396 e. The average Bonchev–Trinajstić information content (AvgIpc) is 2.14. The van der Waals surface area contributed by atoms with Crippen LogP contribution in [0, 0.1) is 11.8 Å². The molecule has 0 unspecified atom stereocenters. The smallest absolute Gasteiger partial charge is 0.264 e. The van der Waals surface area contributed by atoms with Crippen LogP contribution in [-0.2, 0) is 14.3 Å². The minimum absolute atomic E-state index is 0.137. The summed E-state index contributed by atoms with van der Waals surface area (Å²) in [4.78, 5) is 0. The van der Waals surface area contributed by atoms with Gasteiger partial charge in [0, 0.05) is 6.61 Å². The molecule has 0 bridgehead atoms. The predicted octanol–water partition coefficient (Wildman–Crippen LogP) is 0.761. The predicted molar refractivity (Wildman–Crippen MR) is 53.3 cm³/mol. The van der Waals surface area contributed by atoms with Crippen molar-refractivity contribution in [3.63, 3.8) is 0 Å². The van der Waals surface area contributed by atoms with Crippen molar-refractivity contribution in [2.24, 2.45) is 11.8 Å². The maximum absolute atomic E-state index is 10.8. The zero-order valence-corrected chi connectivity index (χ0v) is 9.29. The van der Waals surface area contributed by atoms with Gasteiger partial charge in [0.05, 0.1) is 12.9 Å². The van der Waals surface area contributed by atoms with E-state index in [-0.39, 0.29) is 25.0 Å². The zero-order chi connectivity index (χ0) is 10.6. The van der Waals surface area contributed by atoms with Gasteiger partial charge in [0.2, 0.25) is 0 Å². The number of hydrogen-bond acceptors (Lipinski definition) is 4. The van der Waals surface area contributed by atoms with E-state index in [1.807, 2.05) is 0 Å². The van der Waals surface area contributed by atoms with Gasteiger partial charge in [-0.05, 0) is 24.7 Å². The molecule has 1 saturated carbocycles.